The first-order valence-electron chi connectivity index (χ1n) is 7.98. The average molecular weight is 320 g/mol. The minimum Gasteiger partial charge on any atom is -0.423 e. The molecule has 0 amide bonds. The Morgan fingerprint density at radius 1 is 1.26 bits per heavy atom. The maximum Gasteiger partial charge on any atom is 0.338 e. The van der Waals surface area contributed by atoms with Crippen LogP contribution in [-0.2, 0) is 15.1 Å². The van der Waals surface area contributed by atoms with Crippen LogP contribution in [0.1, 0.15) is 53.0 Å². The third-order valence-electron chi connectivity index (χ3n) is 3.76. The van der Waals surface area contributed by atoms with Crippen molar-refractivity contribution < 1.29 is 19.4 Å². The molecule has 0 heterocycles. The maximum atomic E-state index is 11.7. The number of esters is 1. The minimum atomic E-state index is -0.903. The zero-order valence-corrected chi connectivity index (χ0v) is 14.8. The first kappa shape index (κ1) is 19.4. The molecule has 4 heteroatoms. The summed E-state index contributed by atoms with van der Waals surface area (Å²) in [6.45, 7) is 12.9. The number of aliphatic hydroxyl groups is 1. The van der Waals surface area contributed by atoms with Crippen molar-refractivity contribution in [3.8, 4) is 5.75 Å². The van der Waals surface area contributed by atoms with Gasteiger partial charge in [-0.3, -0.25) is 0 Å². The number of carbonyl (C=O) groups excluding carboxylic acids is 1. The molecule has 0 spiro atoms. The van der Waals surface area contributed by atoms with Crippen molar-refractivity contribution in [1.29, 1.82) is 0 Å². The van der Waals surface area contributed by atoms with Crippen molar-refractivity contribution in [1.82, 2.24) is 0 Å². The van der Waals surface area contributed by atoms with Crippen LogP contribution in [0.2, 0.25) is 0 Å². The fourth-order valence-corrected chi connectivity index (χ4v) is 2.30. The molecule has 128 valence electrons. The Morgan fingerprint density at radius 2 is 1.87 bits per heavy atom. The number of ether oxygens (including phenoxy) is 2. The summed E-state index contributed by atoms with van der Waals surface area (Å²) in [5.41, 5.74) is -0.143. The second-order valence-electron chi connectivity index (χ2n) is 6.50. The highest BCUT2D eigenvalue weighted by molar-refractivity contribution is 5.88. The van der Waals surface area contributed by atoms with Crippen molar-refractivity contribution in [3.05, 3.63) is 42.0 Å². The van der Waals surface area contributed by atoms with Gasteiger partial charge in [0.2, 0.25) is 0 Å². The van der Waals surface area contributed by atoms with Crippen LogP contribution >= 0.6 is 0 Å². The summed E-state index contributed by atoms with van der Waals surface area (Å²) < 4.78 is 11.4. The predicted octanol–water partition coefficient (Wildman–Crippen LogP) is 3.97. The van der Waals surface area contributed by atoms with Gasteiger partial charge in [-0.1, -0.05) is 32.6 Å². The molecule has 0 saturated carbocycles. The monoisotopic (exact) mass is 320 g/mol. The van der Waals surface area contributed by atoms with Gasteiger partial charge < -0.3 is 14.6 Å². The Hall–Kier alpha value is -1.65. The van der Waals surface area contributed by atoms with Crippen LogP contribution in [-0.4, -0.2) is 23.3 Å². The molecule has 0 aliphatic carbocycles. The summed E-state index contributed by atoms with van der Waals surface area (Å²) in [6.07, 6.45) is 1.49. The number of hydrogen-bond acceptors (Lipinski definition) is 4. The molecule has 1 aromatic rings. The lowest BCUT2D eigenvalue weighted by Crippen LogP contribution is -2.36. The molecule has 0 aliphatic heterocycles. The Bertz CT molecular complexity index is 551. The molecule has 0 aromatic heterocycles. The van der Waals surface area contributed by atoms with Crippen molar-refractivity contribution in [2.24, 2.45) is 0 Å². The fourth-order valence-electron chi connectivity index (χ4n) is 2.30. The molecule has 0 unspecified atom stereocenters. The largest absolute Gasteiger partial charge is 0.423 e. The highest BCUT2D eigenvalue weighted by Gasteiger charge is 2.32. The van der Waals surface area contributed by atoms with Gasteiger partial charge in [0, 0.05) is 5.57 Å². The summed E-state index contributed by atoms with van der Waals surface area (Å²) in [5.74, 6) is 0.0202. The molecule has 1 aromatic carbocycles. The molecule has 4 nitrogen and oxygen atoms in total. The summed E-state index contributed by atoms with van der Waals surface area (Å²) in [6, 6.07) is 7.34. The van der Waals surface area contributed by atoms with E-state index in [9.17, 15) is 9.90 Å². The standard InChI is InChI=1S/C19H28O4/c1-7-19(8-2,22-13-18(5,6)21)15-10-9-11-16(12-15)23-17(20)14(3)4/h9-12,21H,3,7-8,13H2,1-2,4-6H3. The second kappa shape index (κ2) is 7.75. The van der Waals surface area contributed by atoms with E-state index >= 15 is 0 Å². The molecule has 0 aliphatic rings. The van der Waals surface area contributed by atoms with E-state index in [4.69, 9.17) is 9.47 Å². The van der Waals surface area contributed by atoms with Gasteiger partial charge in [-0.25, -0.2) is 4.79 Å². The number of carbonyl (C=O) groups is 1. The van der Waals surface area contributed by atoms with Crippen LogP contribution in [0.15, 0.2) is 36.4 Å². The van der Waals surface area contributed by atoms with Crippen molar-refractivity contribution in [2.45, 2.75) is 58.7 Å². The Morgan fingerprint density at radius 3 is 2.35 bits per heavy atom. The third-order valence-corrected chi connectivity index (χ3v) is 3.76. The summed E-state index contributed by atoms with van der Waals surface area (Å²) >= 11 is 0. The quantitative estimate of drug-likeness (QED) is 0.447. The fraction of sp³-hybridized carbons (Fsp3) is 0.526. The number of hydrogen-bond donors (Lipinski definition) is 1. The van der Waals surface area contributed by atoms with Gasteiger partial charge in [0.1, 0.15) is 5.75 Å². The lowest BCUT2D eigenvalue weighted by Gasteiger charge is -2.35. The second-order valence-corrected chi connectivity index (χ2v) is 6.50. The van der Waals surface area contributed by atoms with Crippen LogP contribution < -0.4 is 4.74 Å². The van der Waals surface area contributed by atoms with E-state index in [1.54, 1.807) is 26.8 Å². The molecule has 1 rings (SSSR count). The summed E-state index contributed by atoms with van der Waals surface area (Å²) in [7, 11) is 0. The van der Waals surface area contributed by atoms with E-state index in [1.807, 2.05) is 32.0 Å². The lowest BCUT2D eigenvalue weighted by atomic mass is 9.88. The van der Waals surface area contributed by atoms with Gasteiger partial charge in [0.15, 0.2) is 0 Å². The first-order valence-corrected chi connectivity index (χ1v) is 7.98. The highest BCUT2D eigenvalue weighted by Crippen LogP contribution is 2.35. The first-order chi connectivity index (χ1) is 10.6. The van der Waals surface area contributed by atoms with E-state index in [1.165, 1.54) is 0 Å². The van der Waals surface area contributed by atoms with Crippen LogP contribution in [0.25, 0.3) is 0 Å². The zero-order chi connectivity index (χ0) is 17.7. The van der Waals surface area contributed by atoms with Gasteiger partial charge in [0.05, 0.1) is 17.8 Å². The van der Waals surface area contributed by atoms with Crippen LogP contribution in [0.4, 0.5) is 0 Å². The molecule has 0 bridgehead atoms. The normalized spacial score (nSPS) is 12.1. The summed E-state index contributed by atoms with van der Waals surface area (Å²) in [4.78, 5) is 11.7. The zero-order valence-electron chi connectivity index (χ0n) is 14.8. The molecular weight excluding hydrogens is 292 g/mol. The van der Waals surface area contributed by atoms with Crippen molar-refractivity contribution in [3.63, 3.8) is 0 Å². The minimum absolute atomic E-state index is 0.227. The molecule has 0 radical (unpaired) electrons. The van der Waals surface area contributed by atoms with Crippen molar-refractivity contribution >= 4 is 5.97 Å². The van der Waals surface area contributed by atoms with E-state index in [-0.39, 0.29) is 6.61 Å². The summed E-state index contributed by atoms with van der Waals surface area (Å²) in [5, 5.41) is 9.95. The van der Waals surface area contributed by atoms with Gasteiger partial charge >= 0.3 is 5.97 Å². The van der Waals surface area contributed by atoms with Crippen molar-refractivity contribution in [2.75, 3.05) is 6.61 Å². The van der Waals surface area contributed by atoms with Gasteiger partial charge in [-0.05, 0) is 51.3 Å². The number of benzene rings is 1. The van der Waals surface area contributed by atoms with E-state index in [0.717, 1.165) is 18.4 Å². The highest BCUT2D eigenvalue weighted by atomic mass is 16.5. The molecule has 23 heavy (non-hydrogen) atoms. The lowest BCUT2D eigenvalue weighted by molar-refractivity contribution is -0.130. The van der Waals surface area contributed by atoms with E-state index in [2.05, 4.69) is 6.58 Å². The van der Waals surface area contributed by atoms with Crippen LogP contribution in [0, 0.1) is 0 Å². The topological polar surface area (TPSA) is 55.8 Å². The van der Waals surface area contributed by atoms with E-state index < -0.39 is 17.2 Å². The smallest absolute Gasteiger partial charge is 0.338 e. The Kier molecular flexibility index (Phi) is 6.54. The van der Waals surface area contributed by atoms with Gasteiger partial charge in [-0.2, -0.15) is 0 Å². The predicted molar refractivity (Wildman–Crippen MR) is 91.4 cm³/mol. The van der Waals surface area contributed by atoms with Crippen LogP contribution in [0.3, 0.4) is 0 Å². The molecule has 0 saturated heterocycles. The molecule has 0 atom stereocenters. The van der Waals surface area contributed by atoms with Gasteiger partial charge in [0.25, 0.3) is 0 Å². The molecule has 0 fully saturated rings. The number of rotatable bonds is 8. The maximum absolute atomic E-state index is 11.7. The Balaban J connectivity index is 3.08. The SMILES string of the molecule is C=C(C)C(=O)Oc1cccc(C(CC)(CC)OCC(C)(C)O)c1. The van der Waals surface area contributed by atoms with Gasteiger partial charge in [-0.15, -0.1) is 0 Å². The van der Waals surface area contributed by atoms with E-state index in [0.29, 0.717) is 11.3 Å². The van der Waals surface area contributed by atoms with Crippen LogP contribution in [0.5, 0.6) is 5.75 Å². The Labute approximate surface area is 139 Å². The molecule has 1 N–H and O–H groups in total. The third kappa shape index (κ3) is 5.48. The molecular formula is C19H28O4. The average Bonchev–Trinajstić information content (AvgIpc) is 2.48.